The molecule has 0 amide bonds. The average Bonchev–Trinajstić information content (AvgIpc) is 2.39. The van der Waals surface area contributed by atoms with E-state index in [1.165, 1.54) is 4.90 Å². The number of benzene rings is 1. The first-order chi connectivity index (χ1) is 8.22. The second kappa shape index (κ2) is 5.54. The highest BCUT2D eigenvalue weighted by molar-refractivity contribution is 7.98. The van der Waals surface area contributed by atoms with Crippen LogP contribution in [0.5, 0.6) is 0 Å². The summed E-state index contributed by atoms with van der Waals surface area (Å²) in [5.74, 6) is 0. The molecule has 0 radical (unpaired) electrons. The molecule has 1 N–H and O–H groups in total. The molecule has 1 atom stereocenters. The summed E-state index contributed by atoms with van der Waals surface area (Å²) in [6.07, 6.45) is 2.89. The molecule has 2 nitrogen and oxygen atoms in total. The molecular weight excluding hydrogens is 254 g/mol. The van der Waals surface area contributed by atoms with Crippen molar-refractivity contribution in [2.45, 2.75) is 11.0 Å². The Labute approximate surface area is 110 Å². The van der Waals surface area contributed by atoms with E-state index < -0.39 is 6.10 Å². The highest BCUT2D eigenvalue weighted by Gasteiger charge is 2.13. The fraction of sp³-hybridized carbons (Fsp3) is 0.154. The lowest BCUT2D eigenvalue weighted by atomic mass is 10.0. The van der Waals surface area contributed by atoms with E-state index in [-0.39, 0.29) is 0 Å². The molecule has 88 valence electrons. The molecule has 0 aliphatic heterocycles. The molecule has 0 spiro atoms. The largest absolute Gasteiger partial charge is 0.384 e. The van der Waals surface area contributed by atoms with Gasteiger partial charge in [-0.25, -0.2) is 4.98 Å². The van der Waals surface area contributed by atoms with Crippen LogP contribution in [0, 0.1) is 0 Å². The molecule has 1 unspecified atom stereocenters. The Bertz CT molecular complexity index is 501. The fourth-order valence-corrected chi connectivity index (χ4v) is 2.20. The molecule has 0 aliphatic carbocycles. The molecule has 0 aliphatic rings. The van der Waals surface area contributed by atoms with Crippen molar-refractivity contribution < 1.29 is 5.11 Å². The third-order valence-corrected chi connectivity index (χ3v) is 3.57. The van der Waals surface area contributed by atoms with Gasteiger partial charge in [-0.05, 0) is 30.0 Å². The maximum absolute atomic E-state index is 10.2. The summed E-state index contributed by atoms with van der Waals surface area (Å²) in [5, 5.41) is 10.5. The Morgan fingerprint density at radius 1 is 1.24 bits per heavy atom. The van der Waals surface area contributed by atoms with Crippen LogP contribution in [0.4, 0.5) is 0 Å². The minimum atomic E-state index is -0.730. The third kappa shape index (κ3) is 2.80. The van der Waals surface area contributed by atoms with Crippen LogP contribution < -0.4 is 0 Å². The molecule has 1 heterocycles. The number of hydrogen-bond acceptors (Lipinski definition) is 3. The van der Waals surface area contributed by atoms with Gasteiger partial charge in [0.05, 0.1) is 0 Å². The SMILES string of the molecule is CSc1ccc(C(O)c2cccnc2Cl)cc1. The van der Waals surface area contributed by atoms with Gasteiger partial charge in [-0.15, -0.1) is 11.8 Å². The van der Waals surface area contributed by atoms with Crippen LogP contribution in [0.3, 0.4) is 0 Å². The second-order valence-electron chi connectivity index (χ2n) is 3.56. The minimum Gasteiger partial charge on any atom is -0.384 e. The van der Waals surface area contributed by atoms with Gasteiger partial charge in [0.2, 0.25) is 0 Å². The van der Waals surface area contributed by atoms with Crippen LogP contribution in [0.15, 0.2) is 47.5 Å². The number of hydrogen-bond donors (Lipinski definition) is 1. The molecule has 1 aromatic heterocycles. The highest BCUT2D eigenvalue weighted by atomic mass is 35.5. The number of thioether (sulfide) groups is 1. The van der Waals surface area contributed by atoms with E-state index in [1.807, 2.05) is 30.5 Å². The number of aliphatic hydroxyl groups is 1. The number of rotatable bonds is 3. The van der Waals surface area contributed by atoms with Gasteiger partial charge in [0, 0.05) is 16.7 Å². The first-order valence-electron chi connectivity index (χ1n) is 5.15. The van der Waals surface area contributed by atoms with E-state index in [9.17, 15) is 5.11 Å². The topological polar surface area (TPSA) is 33.1 Å². The van der Waals surface area contributed by atoms with Gasteiger partial charge in [-0.2, -0.15) is 0 Å². The molecule has 2 rings (SSSR count). The quantitative estimate of drug-likeness (QED) is 0.681. The lowest BCUT2D eigenvalue weighted by Gasteiger charge is -2.12. The maximum atomic E-state index is 10.2. The molecular formula is C13H12ClNOS. The molecule has 17 heavy (non-hydrogen) atoms. The molecule has 2 aromatic rings. The zero-order valence-electron chi connectivity index (χ0n) is 9.30. The number of aliphatic hydroxyl groups excluding tert-OH is 1. The van der Waals surface area contributed by atoms with Crippen LogP contribution in [0.25, 0.3) is 0 Å². The van der Waals surface area contributed by atoms with Crippen LogP contribution in [0.1, 0.15) is 17.2 Å². The van der Waals surface area contributed by atoms with E-state index in [0.717, 1.165) is 5.56 Å². The average molecular weight is 266 g/mol. The van der Waals surface area contributed by atoms with Crippen LogP contribution in [-0.4, -0.2) is 16.3 Å². The van der Waals surface area contributed by atoms with E-state index in [1.54, 1.807) is 30.1 Å². The monoisotopic (exact) mass is 265 g/mol. The van der Waals surface area contributed by atoms with Gasteiger partial charge in [0.1, 0.15) is 11.3 Å². The Morgan fingerprint density at radius 3 is 2.53 bits per heavy atom. The summed E-state index contributed by atoms with van der Waals surface area (Å²) in [6, 6.07) is 11.3. The third-order valence-electron chi connectivity index (χ3n) is 2.51. The van der Waals surface area contributed by atoms with E-state index >= 15 is 0 Å². The second-order valence-corrected chi connectivity index (χ2v) is 4.80. The smallest absolute Gasteiger partial charge is 0.135 e. The van der Waals surface area contributed by atoms with Gasteiger partial charge in [-0.3, -0.25) is 0 Å². The first-order valence-corrected chi connectivity index (χ1v) is 6.75. The molecule has 0 saturated carbocycles. The van der Waals surface area contributed by atoms with Crippen molar-refractivity contribution in [2.75, 3.05) is 6.26 Å². The maximum Gasteiger partial charge on any atom is 0.135 e. The van der Waals surface area contributed by atoms with Gasteiger partial charge < -0.3 is 5.11 Å². The zero-order valence-corrected chi connectivity index (χ0v) is 10.9. The molecule has 0 saturated heterocycles. The van der Waals surface area contributed by atoms with E-state index in [0.29, 0.717) is 10.7 Å². The van der Waals surface area contributed by atoms with Gasteiger partial charge in [0.25, 0.3) is 0 Å². The minimum absolute atomic E-state index is 0.342. The summed E-state index contributed by atoms with van der Waals surface area (Å²) < 4.78 is 0. The van der Waals surface area contributed by atoms with E-state index in [4.69, 9.17) is 11.6 Å². The summed E-state index contributed by atoms with van der Waals surface area (Å²) >= 11 is 7.62. The van der Waals surface area contributed by atoms with Crippen molar-refractivity contribution in [2.24, 2.45) is 0 Å². The predicted octanol–water partition coefficient (Wildman–Crippen LogP) is 3.54. The van der Waals surface area contributed by atoms with Crippen molar-refractivity contribution in [3.63, 3.8) is 0 Å². The number of halogens is 1. The number of pyridine rings is 1. The standard InChI is InChI=1S/C13H12ClNOS/c1-17-10-6-4-9(5-7-10)12(16)11-3-2-8-15-13(11)14/h2-8,12,16H,1H3. The van der Waals surface area contributed by atoms with Crippen molar-refractivity contribution in [3.8, 4) is 0 Å². The Morgan fingerprint density at radius 2 is 1.94 bits per heavy atom. The summed E-state index contributed by atoms with van der Waals surface area (Å²) in [7, 11) is 0. The lowest BCUT2D eigenvalue weighted by molar-refractivity contribution is 0.220. The van der Waals surface area contributed by atoms with Crippen molar-refractivity contribution in [1.29, 1.82) is 0 Å². The zero-order chi connectivity index (χ0) is 12.3. The van der Waals surface area contributed by atoms with Gasteiger partial charge >= 0.3 is 0 Å². The van der Waals surface area contributed by atoms with Crippen molar-refractivity contribution in [3.05, 3.63) is 58.9 Å². The Balaban J connectivity index is 2.30. The highest BCUT2D eigenvalue weighted by Crippen LogP contribution is 2.27. The van der Waals surface area contributed by atoms with Crippen LogP contribution in [-0.2, 0) is 0 Å². The summed E-state index contributed by atoms with van der Waals surface area (Å²) in [5.41, 5.74) is 1.45. The fourth-order valence-electron chi connectivity index (χ4n) is 1.57. The van der Waals surface area contributed by atoms with Gasteiger partial charge in [-0.1, -0.05) is 29.8 Å². The molecule has 4 heteroatoms. The normalized spacial score (nSPS) is 12.4. The van der Waals surface area contributed by atoms with E-state index in [2.05, 4.69) is 4.98 Å². The van der Waals surface area contributed by atoms with Crippen LogP contribution >= 0.6 is 23.4 Å². The number of nitrogens with zero attached hydrogens (tertiary/aromatic N) is 1. The predicted molar refractivity (Wildman–Crippen MR) is 71.5 cm³/mol. The molecule has 1 aromatic carbocycles. The Kier molecular flexibility index (Phi) is 4.05. The van der Waals surface area contributed by atoms with Gasteiger partial charge in [0.15, 0.2) is 0 Å². The van der Waals surface area contributed by atoms with Crippen molar-refractivity contribution >= 4 is 23.4 Å². The lowest BCUT2D eigenvalue weighted by Crippen LogP contribution is -2.01. The van der Waals surface area contributed by atoms with Crippen molar-refractivity contribution in [1.82, 2.24) is 4.98 Å². The first kappa shape index (κ1) is 12.4. The molecule has 0 fully saturated rings. The number of aromatic nitrogens is 1. The summed E-state index contributed by atoms with van der Waals surface area (Å²) in [6.45, 7) is 0. The van der Waals surface area contributed by atoms with Crippen LogP contribution in [0.2, 0.25) is 5.15 Å². The Hall–Kier alpha value is -1.03. The molecule has 0 bridgehead atoms. The summed E-state index contributed by atoms with van der Waals surface area (Å²) in [4.78, 5) is 5.13.